The predicted molar refractivity (Wildman–Crippen MR) is 32.1 cm³/mol. The minimum absolute atomic E-state index is 0. The van der Waals surface area contributed by atoms with E-state index in [1.54, 1.807) is 0 Å². The molecule has 0 saturated heterocycles. The summed E-state index contributed by atoms with van der Waals surface area (Å²) in [4.78, 5) is 0.905. The summed E-state index contributed by atoms with van der Waals surface area (Å²) in [5, 5.41) is 0. The topological polar surface area (TPSA) is 0 Å². The van der Waals surface area contributed by atoms with Crippen LogP contribution in [0.15, 0.2) is 35.2 Å². The fourth-order valence-electron chi connectivity index (χ4n) is 0.420. The zero-order valence-corrected chi connectivity index (χ0v) is 12.0. The van der Waals surface area contributed by atoms with Gasteiger partial charge in [0.05, 0.1) is 0 Å². The van der Waals surface area contributed by atoms with Crippen molar-refractivity contribution < 1.29 is 40.1 Å². The molecule has 0 atom stereocenters. The van der Waals surface area contributed by atoms with Gasteiger partial charge in [0.25, 0.3) is 0 Å². The fraction of sp³-hybridized carbons (Fsp3) is 0. The molecule has 0 amide bonds. The van der Waals surface area contributed by atoms with Crippen molar-refractivity contribution in [1.82, 2.24) is 0 Å². The Morgan fingerprint density at radius 3 is 1.67 bits per heavy atom. The largest absolute Gasteiger partial charge is 2.00 e. The molecular formula is C6H5ClHgS. The number of hydrogen-bond acceptors (Lipinski definition) is 1. The van der Waals surface area contributed by atoms with Gasteiger partial charge in [0, 0.05) is 0 Å². The van der Waals surface area contributed by atoms with Crippen LogP contribution in [0.3, 0.4) is 0 Å². The van der Waals surface area contributed by atoms with Crippen LogP contribution in [0.25, 0.3) is 0 Å². The third-order valence-corrected chi connectivity index (χ3v) is 1.02. The second-order valence-electron chi connectivity index (χ2n) is 1.31. The molecule has 0 N–H and O–H groups in total. The monoisotopic (exact) mass is 346 g/mol. The first kappa shape index (κ1) is 12.4. The van der Waals surface area contributed by atoms with Crippen LogP contribution in [0.5, 0.6) is 0 Å². The first-order chi connectivity index (χ1) is 3.39. The summed E-state index contributed by atoms with van der Waals surface area (Å²) in [6, 6.07) is 9.62. The summed E-state index contributed by atoms with van der Waals surface area (Å²) in [6.07, 6.45) is 0. The summed E-state index contributed by atoms with van der Waals surface area (Å²) >= 11 is 4.81. The van der Waals surface area contributed by atoms with Crippen molar-refractivity contribution >= 4 is 12.6 Å². The van der Waals surface area contributed by atoms with Crippen molar-refractivity contribution in [2.24, 2.45) is 0 Å². The van der Waals surface area contributed by atoms with Gasteiger partial charge < -0.3 is 25.0 Å². The van der Waals surface area contributed by atoms with Crippen LogP contribution in [-0.4, -0.2) is 0 Å². The second kappa shape index (κ2) is 6.78. The minimum Gasteiger partial charge on any atom is -1.00 e. The Balaban J connectivity index is 0. The molecule has 0 nitrogen and oxygen atoms in total. The van der Waals surface area contributed by atoms with Gasteiger partial charge in [0.1, 0.15) is 0 Å². The van der Waals surface area contributed by atoms with Gasteiger partial charge in [-0.1, -0.05) is 30.3 Å². The smallest absolute Gasteiger partial charge is 1.00 e. The maximum absolute atomic E-state index is 4.81. The summed E-state index contributed by atoms with van der Waals surface area (Å²) in [5.41, 5.74) is 0. The average Bonchev–Trinajstić information content (AvgIpc) is 1.69. The van der Waals surface area contributed by atoms with Crippen molar-refractivity contribution in [3.8, 4) is 0 Å². The molecular weight excluding hydrogens is 340 g/mol. The average molecular weight is 345 g/mol. The molecule has 0 spiro atoms. The van der Waals surface area contributed by atoms with Crippen molar-refractivity contribution in [3.63, 3.8) is 0 Å². The molecule has 1 aromatic carbocycles. The zero-order valence-electron chi connectivity index (χ0n) is 4.88. The molecule has 3 heteroatoms. The van der Waals surface area contributed by atoms with Gasteiger partial charge in [-0.2, -0.15) is 4.90 Å². The molecule has 0 aliphatic heterocycles. The van der Waals surface area contributed by atoms with Crippen LogP contribution in [-0.2, 0) is 40.3 Å². The van der Waals surface area contributed by atoms with Gasteiger partial charge in [-0.05, 0) is 0 Å². The van der Waals surface area contributed by atoms with Gasteiger partial charge in [0.2, 0.25) is 0 Å². The summed E-state index contributed by atoms with van der Waals surface area (Å²) in [7, 11) is 0. The molecule has 1 rings (SSSR count). The normalized spacial score (nSPS) is 6.67. The molecule has 0 radical (unpaired) electrons. The molecule has 0 heterocycles. The van der Waals surface area contributed by atoms with Crippen LogP contribution in [0, 0.1) is 0 Å². The van der Waals surface area contributed by atoms with Crippen LogP contribution >= 0.6 is 0 Å². The molecule has 9 heavy (non-hydrogen) atoms. The van der Waals surface area contributed by atoms with E-state index in [9.17, 15) is 0 Å². The van der Waals surface area contributed by atoms with E-state index in [2.05, 4.69) is 0 Å². The van der Waals surface area contributed by atoms with E-state index in [1.165, 1.54) is 0 Å². The maximum atomic E-state index is 4.81. The van der Waals surface area contributed by atoms with E-state index in [-0.39, 0.29) is 40.1 Å². The number of hydrogen-bond donors (Lipinski definition) is 0. The molecule has 0 bridgehead atoms. The quantitative estimate of drug-likeness (QED) is 0.412. The van der Waals surface area contributed by atoms with Gasteiger partial charge in [-0.25, -0.2) is 0 Å². The Hall–Kier alpha value is 0.665. The van der Waals surface area contributed by atoms with Crippen LogP contribution in [0.2, 0.25) is 0 Å². The Kier molecular flexibility index (Phi) is 9.31. The van der Waals surface area contributed by atoms with Crippen molar-refractivity contribution in [1.29, 1.82) is 0 Å². The Morgan fingerprint density at radius 2 is 1.44 bits per heavy atom. The maximum Gasteiger partial charge on any atom is 2.00 e. The van der Waals surface area contributed by atoms with Crippen molar-refractivity contribution in [2.45, 2.75) is 4.90 Å². The third-order valence-electron chi connectivity index (χ3n) is 0.743. The van der Waals surface area contributed by atoms with Crippen LogP contribution in [0.1, 0.15) is 0 Å². The SMILES string of the molecule is [Cl-].[Hg+2].[S-]c1ccccc1. The fourth-order valence-corrected chi connectivity index (χ4v) is 0.578. The number of rotatable bonds is 0. The van der Waals surface area contributed by atoms with Crippen molar-refractivity contribution in [3.05, 3.63) is 30.3 Å². The van der Waals surface area contributed by atoms with Gasteiger partial charge >= 0.3 is 27.7 Å². The predicted octanol–water partition coefficient (Wildman–Crippen LogP) is -1.41. The summed E-state index contributed by atoms with van der Waals surface area (Å²) < 4.78 is 0. The summed E-state index contributed by atoms with van der Waals surface area (Å²) in [6.45, 7) is 0. The first-order valence-corrected chi connectivity index (χ1v) is 2.52. The van der Waals surface area contributed by atoms with E-state index >= 15 is 0 Å². The number of halogens is 1. The van der Waals surface area contributed by atoms with E-state index in [0.717, 1.165) is 4.90 Å². The molecule has 1 aromatic rings. The van der Waals surface area contributed by atoms with Gasteiger partial charge in [-0.15, -0.1) is 0 Å². The van der Waals surface area contributed by atoms with E-state index in [1.807, 2.05) is 30.3 Å². The van der Waals surface area contributed by atoms with E-state index in [4.69, 9.17) is 12.6 Å². The first-order valence-electron chi connectivity index (χ1n) is 2.11. The zero-order chi connectivity index (χ0) is 5.11. The van der Waals surface area contributed by atoms with E-state index < -0.39 is 0 Å². The van der Waals surface area contributed by atoms with Crippen LogP contribution < -0.4 is 12.4 Å². The standard InChI is InChI=1S/C6H6S.ClH.Hg/c7-6-4-2-1-3-5-6;;/h1-5,7H;1H;/q;;+2/p-2. The molecule has 0 saturated carbocycles. The molecule has 0 aliphatic carbocycles. The third kappa shape index (κ3) is 5.13. The molecule has 44 valence electrons. The summed E-state index contributed by atoms with van der Waals surface area (Å²) in [5.74, 6) is 0. The molecule has 0 unspecified atom stereocenters. The second-order valence-corrected chi connectivity index (χ2v) is 1.78. The number of benzene rings is 1. The van der Waals surface area contributed by atoms with E-state index in [0.29, 0.717) is 0 Å². The van der Waals surface area contributed by atoms with Crippen LogP contribution in [0.4, 0.5) is 0 Å². The Morgan fingerprint density at radius 1 is 1.00 bits per heavy atom. The Labute approximate surface area is 87.4 Å². The minimum atomic E-state index is 0. The Bertz CT molecular complexity index is 143. The van der Waals surface area contributed by atoms with Gasteiger partial charge in [0.15, 0.2) is 0 Å². The van der Waals surface area contributed by atoms with Crippen molar-refractivity contribution in [2.75, 3.05) is 0 Å². The molecule has 0 fully saturated rings. The van der Waals surface area contributed by atoms with Gasteiger partial charge in [-0.3, -0.25) is 0 Å². The molecule has 0 aromatic heterocycles. The molecule has 0 aliphatic rings.